The molecule has 1 N–H and O–H groups in total. The number of benzene rings is 2. The number of nitrogens with one attached hydrogen (secondary N) is 1. The third kappa shape index (κ3) is 6.58. The Morgan fingerprint density at radius 2 is 1.80 bits per heavy atom. The topological polar surface area (TPSA) is 55.4 Å². The molecule has 0 heterocycles. The van der Waals surface area contributed by atoms with Crippen LogP contribution in [-0.2, 0) is 20.7 Å². The predicted octanol–water partition coefficient (Wildman–Crippen LogP) is 3.21. The van der Waals surface area contributed by atoms with E-state index in [4.69, 9.17) is 4.74 Å². The summed E-state index contributed by atoms with van der Waals surface area (Å²) < 4.78 is 18.6. The highest BCUT2D eigenvalue weighted by molar-refractivity contribution is 8.00. The molecule has 2 rings (SSSR count). The van der Waals surface area contributed by atoms with E-state index in [0.717, 1.165) is 17.3 Å². The second kappa shape index (κ2) is 9.84. The van der Waals surface area contributed by atoms with Crippen molar-refractivity contribution in [1.82, 2.24) is 5.32 Å². The van der Waals surface area contributed by atoms with E-state index >= 15 is 0 Å². The van der Waals surface area contributed by atoms with Crippen LogP contribution in [0.25, 0.3) is 0 Å². The summed E-state index contributed by atoms with van der Waals surface area (Å²) in [4.78, 5) is 24.1. The Bertz CT molecular complexity index is 709. The maximum atomic E-state index is 13.5. The molecule has 0 aliphatic heterocycles. The summed E-state index contributed by atoms with van der Waals surface area (Å²) >= 11 is 1.04. The first-order valence-corrected chi connectivity index (χ1v) is 8.93. The Balaban J connectivity index is 1.69. The highest BCUT2D eigenvalue weighted by Gasteiger charge is 2.17. The van der Waals surface area contributed by atoms with Crippen LogP contribution < -0.4 is 5.32 Å². The van der Waals surface area contributed by atoms with E-state index in [1.165, 1.54) is 13.0 Å². The van der Waals surface area contributed by atoms with Gasteiger partial charge in [0.15, 0.2) is 6.10 Å². The van der Waals surface area contributed by atoms with Crippen LogP contribution in [0.5, 0.6) is 0 Å². The average Bonchev–Trinajstić information content (AvgIpc) is 2.62. The van der Waals surface area contributed by atoms with Gasteiger partial charge in [0.2, 0.25) is 0 Å². The Morgan fingerprint density at radius 1 is 1.12 bits per heavy atom. The summed E-state index contributed by atoms with van der Waals surface area (Å²) in [6, 6.07) is 16.0. The number of esters is 1. The summed E-state index contributed by atoms with van der Waals surface area (Å²) in [6.07, 6.45) is -0.180. The van der Waals surface area contributed by atoms with Crippen LogP contribution in [0.1, 0.15) is 12.5 Å². The van der Waals surface area contributed by atoms with Gasteiger partial charge in [-0.15, -0.1) is 11.8 Å². The zero-order valence-electron chi connectivity index (χ0n) is 13.9. The standard InChI is InChI=1S/C19H20FNO3S/c1-14(19(23)21-12-11-15-7-3-2-4-8-15)24-18(22)13-25-17-10-6-5-9-16(17)20/h2-10,14H,11-13H2,1H3,(H,21,23)/t14-/m1/s1. The lowest BCUT2D eigenvalue weighted by atomic mass is 10.1. The second-order valence-corrected chi connectivity index (χ2v) is 6.39. The van der Waals surface area contributed by atoms with Crippen molar-refractivity contribution in [3.63, 3.8) is 0 Å². The molecule has 2 aromatic carbocycles. The molecule has 1 amide bonds. The van der Waals surface area contributed by atoms with Gasteiger partial charge >= 0.3 is 5.97 Å². The first-order valence-electron chi connectivity index (χ1n) is 7.94. The predicted molar refractivity (Wildman–Crippen MR) is 95.8 cm³/mol. The number of carbonyl (C=O) groups excluding carboxylic acids is 2. The van der Waals surface area contributed by atoms with Crippen LogP contribution in [-0.4, -0.2) is 30.3 Å². The van der Waals surface area contributed by atoms with Gasteiger partial charge in [-0.25, -0.2) is 4.39 Å². The Kier molecular flexibility index (Phi) is 7.47. The van der Waals surface area contributed by atoms with Crippen molar-refractivity contribution < 1.29 is 18.7 Å². The number of ether oxygens (including phenoxy) is 1. The van der Waals surface area contributed by atoms with E-state index in [1.54, 1.807) is 18.2 Å². The maximum absolute atomic E-state index is 13.5. The zero-order chi connectivity index (χ0) is 18.1. The lowest BCUT2D eigenvalue weighted by Gasteiger charge is -2.13. The maximum Gasteiger partial charge on any atom is 0.317 e. The molecule has 0 fully saturated rings. The molecule has 4 nitrogen and oxygen atoms in total. The van der Waals surface area contributed by atoms with Gasteiger partial charge in [-0.2, -0.15) is 0 Å². The van der Waals surface area contributed by atoms with Crippen LogP contribution in [0.2, 0.25) is 0 Å². The molecule has 0 saturated carbocycles. The smallest absolute Gasteiger partial charge is 0.317 e. The van der Waals surface area contributed by atoms with Gasteiger partial charge in [-0.1, -0.05) is 42.5 Å². The van der Waals surface area contributed by atoms with Gasteiger partial charge in [0.05, 0.1) is 5.75 Å². The SMILES string of the molecule is C[C@@H](OC(=O)CSc1ccccc1F)C(=O)NCCc1ccccc1. The molecule has 2 aromatic rings. The first kappa shape index (κ1) is 19.0. The molecule has 0 radical (unpaired) electrons. The minimum atomic E-state index is -0.885. The number of carbonyl (C=O) groups is 2. The molecule has 6 heteroatoms. The van der Waals surface area contributed by atoms with Crippen LogP contribution in [0, 0.1) is 5.82 Å². The Morgan fingerprint density at radius 3 is 2.52 bits per heavy atom. The van der Waals surface area contributed by atoms with Gasteiger partial charge in [-0.3, -0.25) is 9.59 Å². The van der Waals surface area contributed by atoms with Crippen LogP contribution in [0.3, 0.4) is 0 Å². The molecule has 0 unspecified atom stereocenters. The second-order valence-electron chi connectivity index (χ2n) is 5.38. The number of hydrogen-bond acceptors (Lipinski definition) is 4. The van der Waals surface area contributed by atoms with Gasteiger partial charge in [0.1, 0.15) is 5.82 Å². The minimum absolute atomic E-state index is 0.0530. The Hall–Kier alpha value is -2.34. The molecule has 0 aliphatic carbocycles. The fourth-order valence-corrected chi connectivity index (χ4v) is 2.82. The fourth-order valence-electron chi connectivity index (χ4n) is 2.10. The highest BCUT2D eigenvalue weighted by atomic mass is 32.2. The van der Waals surface area contributed by atoms with E-state index in [-0.39, 0.29) is 17.5 Å². The molecule has 0 spiro atoms. The van der Waals surface area contributed by atoms with Crippen molar-refractivity contribution in [3.05, 3.63) is 66.0 Å². The Labute approximate surface area is 150 Å². The number of halogens is 1. The van der Waals surface area contributed by atoms with Gasteiger partial charge < -0.3 is 10.1 Å². The highest BCUT2D eigenvalue weighted by Crippen LogP contribution is 2.21. The van der Waals surface area contributed by atoms with Crippen LogP contribution >= 0.6 is 11.8 Å². The molecule has 1 atom stereocenters. The van der Waals surface area contributed by atoms with E-state index in [1.807, 2.05) is 30.3 Å². The van der Waals surface area contributed by atoms with Crippen molar-refractivity contribution in [1.29, 1.82) is 0 Å². The van der Waals surface area contributed by atoms with Crippen molar-refractivity contribution >= 4 is 23.6 Å². The van der Waals surface area contributed by atoms with Crippen molar-refractivity contribution in [3.8, 4) is 0 Å². The molecular weight excluding hydrogens is 341 g/mol. The summed E-state index contributed by atoms with van der Waals surface area (Å²) in [5.74, 6) is -1.34. The molecule has 25 heavy (non-hydrogen) atoms. The van der Waals surface area contributed by atoms with Gasteiger partial charge in [0, 0.05) is 11.4 Å². The van der Waals surface area contributed by atoms with E-state index in [0.29, 0.717) is 17.9 Å². The summed E-state index contributed by atoms with van der Waals surface area (Å²) in [5, 5.41) is 2.74. The van der Waals surface area contributed by atoms with Crippen LogP contribution in [0.15, 0.2) is 59.5 Å². The first-order chi connectivity index (χ1) is 12.1. The van der Waals surface area contributed by atoms with E-state index < -0.39 is 12.1 Å². The number of thioether (sulfide) groups is 1. The largest absolute Gasteiger partial charge is 0.452 e. The number of hydrogen-bond donors (Lipinski definition) is 1. The normalized spacial score (nSPS) is 11.6. The van der Waals surface area contributed by atoms with Crippen molar-refractivity contribution in [2.75, 3.05) is 12.3 Å². The monoisotopic (exact) mass is 361 g/mol. The number of amides is 1. The lowest BCUT2D eigenvalue weighted by molar-refractivity contribution is -0.152. The van der Waals surface area contributed by atoms with E-state index in [9.17, 15) is 14.0 Å². The minimum Gasteiger partial charge on any atom is -0.452 e. The molecule has 0 bridgehead atoms. The van der Waals surface area contributed by atoms with Crippen molar-refractivity contribution in [2.24, 2.45) is 0 Å². The third-order valence-electron chi connectivity index (χ3n) is 3.42. The number of rotatable bonds is 8. The molecule has 0 aliphatic rings. The summed E-state index contributed by atoms with van der Waals surface area (Å²) in [7, 11) is 0. The quantitative estimate of drug-likeness (QED) is 0.579. The van der Waals surface area contributed by atoms with Gasteiger partial charge in [-0.05, 0) is 31.0 Å². The molecule has 132 valence electrons. The van der Waals surface area contributed by atoms with Crippen LogP contribution in [0.4, 0.5) is 4.39 Å². The van der Waals surface area contributed by atoms with E-state index in [2.05, 4.69) is 5.32 Å². The summed E-state index contributed by atoms with van der Waals surface area (Å²) in [5.41, 5.74) is 1.12. The zero-order valence-corrected chi connectivity index (χ0v) is 14.7. The fraction of sp³-hybridized carbons (Fsp3) is 0.263. The third-order valence-corrected chi connectivity index (χ3v) is 4.44. The molecule has 0 saturated heterocycles. The summed E-state index contributed by atoms with van der Waals surface area (Å²) in [6.45, 7) is 1.98. The van der Waals surface area contributed by atoms with Crippen molar-refractivity contribution in [2.45, 2.75) is 24.3 Å². The average molecular weight is 361 g/mol. The lowest BCUT2D eigenvalue weighted by Crippen LogP contribution is -2.37. The molecular formula is C19H20FNO3S. The molecule has 0 aromatic heterocycles. The van der Waals surface area contributed by atoms with Gasteiger partial charge in [0.25, 0.3) is 5.91 Å².